The van der Waals surface area contributed by atoms with Crippen molar-refractivity contribution in [1.82, 2.24) is 0 Å². The molecule has 0 aromatic rings. The van der Waals surface area contributed by atoms with Crippen molar-refractivity contribution in [2.75, 3.05) is 0 Å². The smallest absolute Gasteiger partial charge is 0.335 e. The third-order valence-electron chi connectivity index (χ3n) is 2.21. The first kappa shape index (κ1) is 7.54. The molecule has 0 saturated carbocycles. The molecule has 1 rings (SSSR count). The summed E-state index contributed by atoms with van der Waals surface area (Å²) in [5.41, 5.74) is -0.411. The molecule has 2 atom stereocenters. The molecule has 0 aromatic heterocycles. The number of carboxylic acid groups (broad SMARTS) is 1. The average Bonchev–Trinajstić information content (AvgIpc) is 2.43. The zero-order valence-electron chi connectivity index (χ0n) is 6.42. The highest BCUT2D eigenvalue weighted by Gasteiger charge is 2.59. The van der Waals surface area contributed by atoms with Gasteiger partial charge in [-0.25, -0.2) is 4.79 Å². The van der Waals surface area contributed by atoms with E-state index in [1.54, 1.807) is 0 Å². The van der Waals surface area contributed by atoms with Gasteiger partial charge in [0.05, 0.1) is 0 Å². The number of aliphatic carboxylic acids is 1. The lowest BCUT2D eigenvalue weighted by Gasteiger charge is -2.07. The second-order valence-electron chi connectivity index (χ2n) is 3.17. The lowest BCUT2D eigenvalue weighted by Crippen LogP contribution is -2.22. The summed E-state index contributed by atoms with van der Waals surface area (Å²) in [7, 11) is 0. The van der Waals surface area contributed by atoms with Gasteiger partial charge in [-0.15, -0.1) is 0 Å². The van der Waals surface area contributed by atoms with Crippen LogP contribution in [0.3, 0.4) is 0 Å². The Bertz CT molecular complexity index is 164. The Morgan fingerprint density at radius 3 is 2.30 bits per heavy atom. The van der Waals surface area contributed by atoms with Gasteiger partial charge in [-0.3, -0.25) is 0 Å². The van der Waals surface area contributed by atoms with Crippen LogP contribution in [0.1, 0.15) is 20.8 Å². The molecule has 0 amide bonds. The summed E-state index contributed by atoms with van der Waals surface area (Å²) in [4.78, 5) is 10.4. The Kier molecular flexibility index (Phi) is 1.47. The summed E-state index contributed by atoms with van der Waals surface area (Å²) < 4.78 is 5.03. The second-order valence-corrected chi connectivity index (χ2v) is 3.17. The largest absolute Gasteiger partial charge is 0.479 e. The van der Waals surface area contributed by atoms with Crippen LogP contribution in [0.4, 0.5) is 0 Å². The van der Waals surface area contributed by atoms with E-state index in [0.717, 1.165) is 0 Å². The molecule has 1 aliphatic rings. The molecule has 1 fully saturated rings. The highest BCUT2D eigenvalue weighted by atomic mass is 16.6. The molecule has 3 nitrogen and oxygen atoms in total. The molecule has 1 heterocycles. The van der Waals surface area contributed by atoms with Gasteiger partial charge in [0.25, 0.3) is 0 Å². The summed E-state index contributed by atoms with van der Waals surface area (Å²) in [6.45, 7) is 5.75. The topological polar surface area (TPSA) is 49.8 Å². The minimum atomic E-state index is -0.851. The van der Waals surface area contributed by atoms with E-state index in [9.17, 15) is 4.79 Å². The normalized spacial score (nSPS) is 38.2. The Balaban J connectivity index is 2.56. The summed E-state index contributed by atoms with van der Waals surface area (Å²) in [5.74, 6) is -0.579. The molecular weight excluding hydrogens is 132 g/mol. The molecule has 58 valence electrons. The number of epoxide rings is 1. The summed E-state index contributed by atoms with van der Waals surface area (Å²) in [6.07, 6.45) is -0.576. The highest BCUT2D eigenvalue weighted by molar-refractivity contribution is 5.77. The number of carbonyl (C=O) groups is 1. The first-order valence-electron chi connectivity index (χ1n) is 3.39. The van der Waals surface area contributed by atoms with Crippen LogP contribution < -0.4 is 0 Å². The number of hydrogen-bond acceptors (Lipinski definition) is 2. The van der Waals surface area contributed by atoms with Crippen LogP contribution in [-0.4, -0.2) is 22.8 Å². The molecule has 0 spiro atoms. The molecule has 1 N–H and O–H groups in total. The van der Waals surface area contributed by atoms with E-state index < -0.39 is 17.7 Å². The summed E-state index contributed by atoms with van der Waals surface area (Å²) in [5, 5.41) is 8.51. The number of rotatable bonds is 2. The van der Waals surface area contributed by atoms with E-state index in [2.05, 4.69) is 0 Å². The van der Waals surface area contributed by atoms with Crippen molar-refractivity contribution in [3.8, 4) is 0 Å². The Hall–Kier alpha value is -0.570. The van der Waals surface area contributed by atoms with Crippen molar-refractivity contribution in [3.63, 3.8) is 0 Å². The molecule has 2 unspecified atom stereocenters. The Morgan fingerprint density at radius 1 is 1.70 bits per heavy atom. The predicted molar refractivity (Wildman–Crippen MR) is 35.8 cm³/mol. The molecule has 1 saturated heterocycles. The lowest BCUT2D eigenvalue weighted by molar-refractivity contribution is -0.138. The van der Waals surface area contributed by atoms with E-state index in [4.69, 9.17) is 9.84 Å². The zero-order valence-corrected chi connectivity index (χ0v) is 6.42. The van der Waals surface area contributed by atoms with Crippen LogP contribution in [0, 0.1) is 5.92 Å². The van der Waals surface area contributed by atoms with Gasteiger partial charge in [0.1, 0.15) is 5.60 Å². The van der Waals surface area contributed by atoms with Crippen molar-refractivity contribution in [1.29, 1.82) is 0 Å². The molecular formula is C7H12O3. The second kappa shape index (κ2) is 1.95. The van der Waals surface area contributed by atoms with Gasteiger partial charge < -0.3 is 9.84 Å². The zero-order chi connectivity index (χ0) is 7.94. The Morgan fingerprint density at radius 2 is 2.20 bits per heavy atom. The lowest BCUT2D eigenvalue weighted by atomic mass is 9.94. The minimum Gasteiger partial charge on any atom is -0.479 e. The van der Waals surface area contributed by atoms with E-state index in [1.807, 2.05) is 20.8 Å². The van der Waals surface area contributed by atoms with Crippen LogP contribution in [-0.2, 0) is 9.53 Å². The molecule has 0 aromatic carbocycles. The van der Waals surface area contributed by atoms with Gasteiger partial charge in [0, 0.05) is 0 Å². The third-order valence-corrected chi connectivity index (χ3v) is 2.21. The van der Waals surface area contributed by atoms with Crippen LogP contribution in [0.2, 0.25) is 0 Å². The molecule has 10 heavy (non-hydrogen) atoms. The van der Waals surface area contributed by atoms with Crippen LogP contribution >= 0.6 is 0 Å². The molecule has 0 radical (unpaired) electrons. The number of carboxylic acids is 1. The van der Waals surface area contributed by atoms with E-state index >= 15 is 0 Å². The van der Waals surface area contributed by atoms with Crippen molar-refractivity contribution in [3.05, 3.63) is 0 Å². The molecule has 3 heteroatoms. The fraction of sp³-hybridized carbons (Fsp3) is 0.857. The van der Waals surface area contributed by atoms with Gasteiger partial charge in [0.15, 0.2) is 6.10 Å². The molecule has 0 aliphatic carbocycles. The van der Waals surface area contributed by atoms with Gasteiger partial charge in [-0.1, -0.05) is 13.8 Å². The van der Waals surface area contributed by atoms with Gasteiger partial charge in [0.2, 0.25) is 0 Å². The quantitative estimate of drug-likeness (QED) is 0.585. The first-order chi connectivity index (χ1) is 4.48. The number of hydrogen-bond donors (Lipinski definition) is 1. The monoisotopic (exact) mass is 144 g/mol. The van der Waals surface area contributed by atoms with E-state index in [0.29, 0.717) is 0 Å². The van der Waals surface area contributed by atoms with Crippen LogP contribution in [0.25, 0.3) is 0 Å². The van der Waals surface area contributed by atoms with Crippen molar-refractivity contribution in [2.24, 2.45) is 5.92 Å². The molecule has 1 aliphatic heterocycles. The van der Waals surface area contributed by atoms with Crippen molar-refractivity contribution < 1.29 is 14.6 Å². The van der Waals surface area contributed by atoms with E-state index in [1.165, 1.54) is 0 Å². The fourth-order valence-electron chi connectivity index (χ4n) is 0.954. The van der Waals surface area contributed by atoms with Gasteiger partial charge in [-0.2, -0.15) is 0 Å². The van der Waals surface area contributed by atoms with E-state index in [-0.39, 0.29) is 5.92 Å². The average molecular weight is 144 g/mol. The van der Waals surface area contributed by atoms with Crippen molar-refractivity contribution >= 4 is 5.97 Å². The number of ether oxygens (including phenoxy) is 1. The maximum atomic E-state index is 10.4. The minimum absolute atomic E-state index is 0.272. The first-order valence-corrected chi connectivity index (χ1v) is 3.39. The fourth-order valence-corrected chi connectivity index (χ4v) is 0.954. The van der Waals surface area contributed by atoms with Crippen LogP contribution in [0.5, 0.6) is 0 Å². The summed E-state index contributed by atoms with van der Waals surface area (Å²) >= 11 is 0. The SMILES string of the molecule is CC(C)C1(C)OC1C(=O)O. The predicted octanol–water partition coefficient (Wildman–Crippen LogP) is 0.885. The maximum absolute atomic E-state index is 10.4. The standard InChI is InChI=1S/C7H12O3/c1-4(2)7(3)5(10-7)6(8)9/h4-5H,1-3H3,(H,8,9). The van der Waals surface area contributed by atoms with Crippen molar-refractivity contribution in [2.45, 2.75) is 32.5 Å². The molecule has 0 bridgehead atoms. The van der Waals surface area contributed by atoms with Crippen LogP contribution in [0.15, 0.2) is 0 Å². The third kappa shape index (κ3) is 0.904. The Labute approximate surface area is 60.0 Å². The summed E-state index contributed by atoms with van der Waals surface area (Å²) in [6, 6.07) is 0. The van der Waals surface area contributed by atoms with Gasteiger partial charge in [-0.05, 0) is 12.8 Å². The van der Waals surface area contributed by atoms with Gasteiger partial charge >= 0.3 is 5.97 Å². The maximum Gasteiger partial charge on any atom is 0.335 e. The highest BCUT2D eigenvalue weighted by Crippen LogP contribution is 2.42.